The maximum Gasteiger partial charge on any atom is 0.422 e. The van der Waals surface area contributed by atoms with Gasteiger partial charge in [0.2, 0.25) is 0 Å². The number of aryl methyl sites for hydroxylation is 4. The molecule has 8 heteroatoms. The Morgan fingerprint density at radius 2 is 1.51 bits per heavy atom. The highest BCUT2D eigenvalue weighted by atomic mass is 19.4. The van der Waals surface area contributed by atoms with Crippen molar-refractivity contribution in [1.82, 2.24) is 4.98 Å². The van der Waals surface area contributed by atoms with Crippen molar-refractivity contribution in [2.75, 3.05) is 6.61 Å². The minimum Gasteiger partial charge on any atom is -0.492 e. The van der Waals surface area contributed by atoms with Crippen LogP contribution >= 0.6 is 0 Å². The van der Waals surface area contributed by atoms with Gasteiger partial charge in [0.15, 0.2) is 0 Å². The Hall–Kier alpha value is -3.55. The summed E-state index contributed by atoms with van der Waals surface area (Å²) in [7, 11) is 0. The summed E-state index contributed by atoms with van der Waals surface area (Å²) in [6.07, 6.45) is 1.39. The van der Waals surface area contributed by atoms with Crippen molar-refractivity contribution < 1.29 is 31.1 Å². The summed E-state index contributed by atoms with van der Waals surface area (Å²) in [5.74, 6) is -3.06. The van der Waals surface area contributed by atoms with Crippen molar-refractivity contribution in [3.8, 4) is 5.75 Å². The van der Waals surface area contributed by atoms with E-state index in [0.717, 1.165) is 36.3 Å². The van der Waals surface area contributed by atoms with Gasteiger partial charge in [-0.25, -0.2) is 13.2 Å². The monoisotopic (exact) mass is 545 g/mol. The number of fused-ring (bicyclic) bond motifs is 1. The van der Waals surface area contributed by atoms with Crippen molar-refractivity contribution in [3.05, 3.63) is 106 Å². The van der Waals surface area contributed by atoms with Crippen LogP contribution in [0, 0.1) is 17.5 Å². The normalized spacial score (nSPS) is 11.8. The highest BCUT2D eigenvalue weighted by Crippen LogP contribution is 2.34. The lowest BCUT2D eigenvalue weighted by Crippen LogP contribution is -2.12. The Morgan fingerprint density at radius 1 is 0.769 bits per heavy atom. The third kappa shape index (κ3) is 7.31. The smallest absolute Gasteiger partial charge is 0.422 e. The van der Waals surface area contributed by atoms with Gasteiger partial charge in [0.25, 0.3) is 0 Å². The largest absolute Gasteiger partial charge is 0.492 e. The quantitative estimate of drug-likeness (QED) is 0.139. The molecule has 0 aliphatic carbocycles. The summed E-state index contributed by atoms with van der Waals surface area (Å²) in [5, 5.41) is 1.12. The molecule has 0 saturated carbocycles. The molecule has 1 aromatic heterocycles. The molecule has 0 fully saturated rings. The molecule has 0 saturated heterocycles. The second-order valence-corrected chi connectivity index (χ2v) is 9.57. The molecular weight excluding hydrogens is 516 g/mol. The number of rotatable bonds is 11. The van der Waals surface area contributed by atoms with E-state index in [2.05, 4.69) is 11.9 Å². The number of ether oxygens (including phenoxy) is 1. The van der Waals surface area contributed by atoms with E-state index in [-0.39, 0.29) is 18.4 Å². The van der Waals surface area contributed by atoms with Crippen molar-refractivity contribution in [2.24, 2.45) is 0 Å². The highest BCUT2D eigenvalue weighted by molar-refractivity contribution is 5.84. The SMILES string of the molecule is CCCCCOc1ccc(CCc2ccc3c(F)c(CCc4cc(F)c(C(F)(F)F)c(F)c4)ccc3c2)nc1. The molecule has 1 heterocycles. The number of halogens is 6. The zero-order valence-corrected chi connectivity index (χ0v) is 21.6. The molecular formula is C31H29F6NO. The lowest BCUT2D eigenvalue weighted by Gasteiger charge is -2.12. The molecule has 0 spiro atoms. The van der Waals surface area contributed by atoms with Crippen molar-refractivity contribution >= 4 is 10.8 Å². The van der Waals surface area contributed by atoms with Gasteiger partial charge >= 0.3 is 6.18 Å². The van der Waals surface area contributed by atoms with E-state index in [1.54, 1.807) is 24.4 Å². The third-order valence-electron chi connectivity index (χ3n) is 6.65. The molecule has 0 atom stereocenters. The van der Waals surface area contributed by atoms with Crippen LogP contribution in [-0.4, -0.2) is 11.6 Å². The van der Waals surface area contributed by atoms with Gasteiger partial charge in [-0.15, -0.1) is 0 Å². The first-order valence-corrected chi connectivity index (χ1v) is 13.0. The average Bonchev–Trinajstić information content (AvgIpc) is 2.89. The minimum atomic E-state index is -5.13. The summed E-state index contributed by atoms with van der Waals surface area (Å²) >= 11 is 0. The van der Waals surface area contributed by atoms with E-state index in [0.29, 0.717) is 47.9 Å². The number of nitrogens with zero attached hydrogens (tertiary/aromatic N) is 1. The van der Waals surface area contributed by atoms with Crippen LogP contribution in [0.2, 0.25) is 0 Å². The number of hydrogen-bond donors (Lipinski definition) is 0. The zero-order chi connectivity index (χ0) is 28.0. The van der Waals surface area contributed by atoms with E-state index >= 15 is 4.39 Å². The van der Waals surface area contributed by atoms with Crippen LogP contribution < -0.4 is 4.74 Å². The fraction of sp³-hybridized carbons (Fsp3) is 0.323. The lowest BCUT2D eigenvalue weighted by atomic mass is 9.97. The van der Waals surface area contributed by atoms with Gasteiger partial charge in [-0.3, -0.25) is 4.98 Å². The van der Waals surface area contributed by atoms with Crippen molar-refractivity contribution in [2.45, 2.75) is 58.0 Å². The molecule has 0 bridgehead atoms. The fourth-order valence-electron chi connectivity index (χ4n) is 4.51. The van der Waals surface area contributed by atoms with Crippen molar-refractivity contribution in [3.63, 3.8) is 0 Å². The third-order valence-corrected chi connectivity index (χ3v) is 6.65. The van der Waals surface area contributed by atoms with E-state index in [1.165, 1.54) is 0 Å². The van der Waals surface area contributed by atoms with Gasteiger partial charge in [0, 0.05) is 11.1 Å². The maximum absolute atomic E-state index is 15.2. The minimum absolute atomic E-state index is 0.0118. The molecule has 0 N–H and O–H groups in total. The van der Waals surface area contributed by atoms with Gasteiger partial charge in [0.05, 0.1) is 12.8 Å². The molecule has 0 radical (unpaired) electrons. The number of pyridine rings is 1. The summed E-state index contributed by atoms with van der Waals surface area (Å²) in [5.41, 5.74) is 0.369. The average molecular weight is 546 g/mol. The van der Waals surface area contributed by atoms with Gasteiger partial charge in [-0.05, 0) is 78.4 Å². The predicted molar refractivity (Wildman–Crippen MR) is 139 cm³/mol. The topological polar surface area (TPSA) is 22.1 Å². The molecule has 0 unspecified atom stereocenters. The van der Waals surface area contributed by atoms with Gasteiger partial charge in [0.1, 0.15) is 28.8 Å². The second-order valence-electron chi connectivity index (χ2n) is 9.57. The first-order valence-electron chi connectivity index (χ1n) is 13.0. The van der Waals surface area contributed by atoms with Crippen LogP contribution in [0.3, 0.4) is 0 Å². The van der Waals surface area contributed by atoms with Gasteiger partial charge in [-0.1, -0.05) is 50.1 Å². The molecule has 4 aromatic rings. The summed E-state index contributed by atoms with van der Waals surface area (Å²) in [4.78, 5) is 4.47. The Kier molecular flexibility index (Phi) is 9.15. The molecule has 0 aliphatic heterocycles. The molecule has 0 aliphatic rings. The summed E-state index contributed by atoms with van der Waals surface area (Å²) < 4.78 is 87.0. The molecule has 39 heavy (non-hydrogen) atoms. The number of aromatic nitrogens is 1. The van der Waals surface area contributed by atoms with Gasteiger partial charge in [-0.2, -0.15) is 13.2 Å². The number of hydrogen-bond acceptors (Lipinski definition) is 2. The molecule has 4 rings (SSSR count). The second kappa shape index (κ2) is 12.5. The first kappa shape index (κ1) is 28.5. The molecule has 3 aromatic carbocycles. The van der Waals surface area contributed by atoms with Crippen LogP contribution in [0.15, 0.2) is 60.8 Å². The van der Waals surface area contributed by atoms with Crippen LogP contribution in [0.25, 0.3) is 10.8 Å². The molecule has 0 amide bonds. The lowest BCUT2D eigenvalue weighted by molar-refractivity contribution is -0.142. The van der Waals surface area contributed by atoms with E-state index in [4.69, 9.17) is 4.74 Å². The first-order chi connectivity index (χ1) is 18.7. The van der Waals surface area contributed by atoms with Crippen LogP contribution in [0.4, 0.5) is 26.3 Å². The Morgan fingerprint density at radius 3 is 2.18 bits per heavy atom. The van der Waals surface area contributed by atoms with Crippen LogP contribution in [0.1, 0.15) is 54.1 Å². The number of alkyl halides is 3. The van der Waals surface area contributed by atoms with Crippen molar-refractivity contribution in [1.29, 1.82) is 0 Å². The number of benzene rings is 3. The maximum atomic E-state index is 15.2. The predicted octanol–water partition coefficient (Wildman–Crippen LogP) is 8.81. The standard InChI is InChI=1S/C31H29F6NO/c1-2-3-4-15-39-25-13-12-24(38-19-25)11-6-20-7-14-26-23(16-20)10-9-22(30(26)34)8-5-21-17-27(32)29(28(33)18-21)31(35,36)37/h7,9-10,12-14,16-19H,2-6,8,11,15H2,1H3. The summed E-state index contributed by atoms with van der Waals surface area (Å²) in [6.45, 7) is 2.82. The Balaban J connectivity index is 1.38. The Labute approximate surface area is 223 Å². The fourth-order valence-corrected chi connectivity index (χ4v) is 4.51. The summed E-state index contributed by atoms with van der Waals surface area (Å²) in [6, 6.07) is 14.0. The number of unbranched alkanes of at least 4 members (excludes halogenated alkanes) is 2. The molecule has 206 valence electrons. The van der Waals surface area contributed by atoms with Crippen LogP contribution in [-0.2, 0) is 31.9 Å². The van der Waals surface area contributed by atoms with E-state index in [1.807, 2.05) is 24.3 Å². The van der Waals surface area contributed by atoms with E-state index < -0.39 is 29.2 Å². The highest BCUT2D eigenvalue weighted by Gasteiger charge is 2.37. The molecule has 2 nitrogen and oxygen atoms in total. The van der Waals surface area contributed by atoms with Crippen LogP contribution in [0.5, 0.6) is 5.75 Å². The zero-order valence-electron chi connectivity index (χ0n) is 21.6. The van der Waals surface area contributed by atoms with E-state index in [9.17, 15) is 22.0 Å². The Bertz CT molecular complexity index is 1390. The van der Waals surface area contributed by atoms with Gasteiger partial charge < -0.3 is 4.74 Å².